The largest absolute Gasteiger partial charge is 0.329 e. The topological polar surface area (TPSA) is 107 Å². The van der Waals surface area contributed by atoms with Gasteiger partial charge in [0.1, 0.15) is 0 Å². The number of hydrogen-bond donors (Lipinski definition) is 1. The molecule has 0 aromatic heterocycles. The lowest BCUT2D eigenvalue weighted by Crippen LogP contribution is -2.47. The minimum Gasteiger partial charge on any atom is -0.329 e. The maximum atomic E-state index is 13.6. The highest BCUT2D eigenvalue weighted by atomic mass is 35.5. The predicted octanol–water partition coefficient (Wildman–Crippen LogP) is 1.66. The third kappa shape index (κ3) is 3.37. The lowest BCUT2D eigenvalue weighted by molar-refractivity contribution is -0.390. The van der Waals surface area contributed by atoms with Gasteiger partial charge in [-0.25, -0.2) is 8.42 Å². The van der Waals surface area contributed by atoms with Crippen LogP contribution in [-0.4, -0.2) is 36.8 Å². The van der Waals surface area contributed by atoms with Crippen molar-refractivity contribution in [1.82, 2.24) is 4.31 Å². The van der Waals surface area contributed by atoms with E-state index in [-0.39, 0.29) is 25.5 Å². The number of hydrogen-bond acceptors (Lipinski definition) is 5. The van der Waals surface area contributed by atoms with Gasteiger partial charge in [0.15, 0.2) is 4.90 Å². The van der Waals surface area contributed by atoms with E-state index in [1.165, 1.54) is 0 Å². The summed E-state index contributed by atoms with van der Waals surface area (Å²) in [7, 11) is -4.15. The van der Waals surface area contributed by atoms with Gasteiger partial charge in [-0.3, -0.25) is 10.1 Å². The molecule has 1 fully saturated rings. The smallest absolute Gasteiger partial charge is 0.324 e. The minimum atomic E-state index is -4.15. The number of rotatable bonds is 4. The number of benzene rings is 1. The highest BCUT2D eigenvalue weighted by molar-refractivity contribution is 7.89. The molecule has 2 rings (SSSR count). The van der Waals surface area contributed by atoms with Gasteiger partial charge in [-0.2, -0.15) is 8.70 Å². The minimum absolute atomic E-state index is 0. The SMILES string of the molecule is Cl.NCC1CCCCN1S(=O)(=O)c1cccc(F)c1[N+](=O)[O-]. The van der Waals surface area contributed by atoms with E-state index in [0.717, 1.165) is 28.9 Å². The number of halogens is 2. The highest BCUT2D eigenvalue weighted by Crippen LogP contribution is 2.32. The summed E-state index contributed by atoms with van der Waals surface area (Å²) in [5, 5.41) is 11.0. The van der Waals surface area contributed by atoms with E-state index in [9.17, 15) is 22.9 Å². The van der Waals surface area contributed by atoms with Crippen molar-refractivity contribution < 1.29 is 17.7 Å². The van der Waals surface area contributed by atoms with Crippen LogP contribution >= 0.6 is 12.4 Å². The van der Waals surface area contributed by atoms with Crippen molar-refractivity contribution in [1.29, 1.82) is 0 Å². The first kappa shape index (κ1) is 18.8. The molecule has 0 spiro atoms. The fraction of sp³-hybridized carbons (Fsp3) is 0.500. The average molecular weight is 354 g/mol. The van der Waals surface area contributed by atoms with Gasteiger partial charge < -0.3 is 5.73 Å². The number of nitro benzene ring substituents is 1. The van der Waals surface area contributed by atoms with Crippen molar-refractivity contribution in [2.24, 2.45) is 5.73 Å². The molecule has 124 valence electrons. The van der Waals surface area contributed by atoms with Crippen molar-refractivity contribution in [3.63, 3.8) is 0 Å². The molecule has 2 N–H and O–H groups in total. The van der Waals surface area contributed by atoms with Crippen LogP contribution in [-0.2, 0) is 10.0 Å². The summed E-state index contributed by atoms with van der Waals surface area (Å²) in [5.41, 5.74) is 4.57. The maximum Gasteiger partial charge on any atom is 0.324 e. The van der Waals surface area contributed by atoms with Crippen LogP contribution in [0.15, 0.2) is 23.1 Å². The third-order valence-electron chi connectivity index (χ3n) is 3.56. The molecule has 1 unspecified atom stereocenters. The van der Waals surface area contributed by atoms with Crippen molar-refractivity contribution >= 4 is 28.1 Å². The molecule has 0 radical (unpaired) electrons. The molecule has 1 saturated heterocycles. The molecule has 1 atom stereocenters. The zero-order valence-corrected chi connectivity index (χ0v) is 13.3. The Labute approximate surface area is 133 Å². The molecule has 10 heteroatoms. The van der Waals surface area contributed by atoms with Crippen LogP contribution in [0.4, 0.5) is 10.1 Å². The van der Waals surface area contributed by atoms with Crippen LogP contribution in [0.2, 0.25) is 0 Å². The molecule has 1 aromatic rings. The Morgan fingerprint density at radius 1 is 1.41 bits per heavy atom. The Hall–Kier alpha value is -1.29. The van der Waals surface area contributed by atoms with Crippen molar-refractivity contribution in [3.8, 4) is 0 Å². The Bertz CT molecular complexity index is 656. The van der Waals surface area contributed by atoms with Gasteiger partial charge in [-0.1, -0.05) is 12.5 Å². The summed E-state index contributed by atoms with van der Waals surface area (Å²) in [5.74, 6) is -1.16. The molecule has 22 heavy (non-hydrogen) atoms. The Balaban J connectivity index is 0.00000242. The molecule has 0 saturated carbocycles. The second kappa shape index (κ2) is 7.32. The first-order valence-electron chi connectivity index (χ1n) is 6.54. The van der Waals surface area contributed by atoms with Gasteiger partial charge >= 0.3 is 5.69 Å². The van der Waals surface area contributed by atoms with Crippen LogP contribution in [0.25, 0.3) is 0 Å². The van der Waals surface area contributed by atoms with E-state index in [4.69, 9.17) is 5.73 Å². The molecule has 0 aliphatic carbocycles. The first-order chi connectivity index (χ1) is 9.89. The average Bonchev–Trinajstić information content (AvgIpc) is 2.46. The normalized spacial score (nSPS) is 19.5. The zero-order valence-electron chi connectivity index (χ0n) is 11.6. The van der Waals surface area contributed by atoms with Gasteiger partial charge in [0.25, 0.3) is 0 Å². The molecule has 1 aliphatic rings. The number of nitrogens with zero attached hydrogens (tertiary/aromatic N) is 2. The van der Waals surface area contributed by atoms with E-state index < -0.39 is 37.4 Å². The fourth-order valence-electron chi connectivity index (χ4n) is 2.53. The fourth-order valence-corrected chi connectivity index (χ4v) is 4.41. The van der Waals surface area contributed by atoms with E-state index in [2.05, 4.69) is 0 Å². The van der Waals surface area contributed by atoms with E-state index in [1.807, 2.05) is 0 Å². The molecule has 1 heterocycles. The van der Waals surface area contributed by atoms with Gasteiger partial charge in [0.05, 0.1) is 4.92 Å². The van der Waals surface area contributed by atoms with Crippen LogP contribution in [0.1, 0.15) is 19.3 Å². The van der Waals surface area contributed by atoms with Crippen LogP contribution in [0, 0.1) is 15.9 Å². The second-order valence-corrected chi connectivity index (χ2v) is 6.70. The quantitative estimate of drug-likeness (QED) is 0.654. The first-order valence-corrected chi connectivity index (χ1v) is 7.98. The number of sulfonamides is 1. The molecular formula is C12H17ClFN3O4S. The summed E-state index contributed by atoms with van der Waals surface area (Å²) in [4.78, 5) is 9.35. The summed E-state index contributed by atoms with van der Waals surface area (Å²) in [6.07, 6.45) is 2.09. The summed E-state index contributed by atoms with van der Waals surface area (Å²) >= 11 is 0. The van der Waals surface area contributed by atoms with E-state index >= 15 is 0 Å². The third-order valence-corrected chi connectivity index (χ3v) is 5.55. The second-order valence-electron chi connectivity index (χ2n) is 4.84. The standard InChI is InChI=1S/C12H16FN3O4S.ClH/c13-10-5-3-6-11(12(10)16(17)18)21(19,20)15-7-2-1-4-9(15)8-14;/h3,5-6,9H,1-2,4,7-8,14H2;1H. The molecular weight excluding hydrogens is 337 g/mol. The van der Waals surface area contributed by atoms with E-state index in [1.54, 1.807) is 0 Å². The van der Waals surface area contributed by atoms with Crippen LogP contribution < -0.4 is 5.73 Å². The Kier molecular flexibility index (Phi) is 6.24. The lowest BCUT2D eigenvalue weighted by Gasteiger charge is -2.33. The summed E-state index contributed by atoms with van der Waals surface area (Å²) < 4.78 is 40.0. The van der Waals surface area contributed by atoms with Gasteiger partial charge in [0.2, 0.25) is 15.8 Å². The van der Waals surface area contributed by atoms with Crippen LogP contribution in [0.5, 0.6) is 0 Å². The molecule has 0 bridgehead atoms. The van der Waals surface area contributed by atoms with Gasteiger partial charge in [0, 0.05) is 19.1 Å². The number of nitro groups is 1. The van der Waals surface area contributed by atoms with Crippen molar-refractivity contribution in [3.05, 3.63) is 34.1 Å². The van der Waals surface area contributed by atoms with Crippen molar-refractivity contribution in [2.45, 2.75) is 30.2 Å². The molecule has 7 nitrogen and oxygen atoms in total. The number of piperidine rings is 1. The zero-order chi connectivity index (χ0) is 15.6. The van der Waals surface area contributed by atoms with E-state index in [0.29, 0.717) is 12.8 Å². The number of para-hydroxylation sites is 1. The summed E-state index contributed by atoms with van der Waals surface area (Å²) in [6, 6.07) is 2.66. The lowest BCUT2D eigenvalue weighted by atomic mass is 10.1. The van der Waals surface area contributed by atoms with Crippen LogP contribution in [0.3, 0.4) is 0 Å². The van der Waals surface area contributed by atoms with Gasteiger partial charge in [-0.05, 0) is 25.0 Å². The maximum absolute atomic E-state index is 13.6. The van der Waals surface area contributed by atoms with Gasteiger partial charge in [-0.15, -0.1) is 12.4 Å². The molecule has 1 aliphatic heterocycles. The van der Waals surface area contributed by atoms with Crippen molar-refractivity contribution in [2.75, 3.05) is 13.1 Å². The summed E-state index contributed by atoms with van der Waals surface area (Å²) in [6.45, 7) is 0.361. The Morgan fingerprint density at radius 3 is 2.68 bits per heavy atom. The highest BCUT2D eigenvalue weighted by Gasteiger charge is 2.38. The monoisotopic (exact) mass is 353 g/mol. The Morgan fingerprint density at radius 2 is 2.09 bits per heavy atom. The molecule has 0 amide bonds. The number of nitrogens with two attached hydrogens (primary N) is 1. The molecule has 1 aromatic carbocycles. The predicted molar refractivity (Wildman–Crippen MR) is 80.9 cm³/mol.